The average molecular weight is 265 g/mol. The molecule has 1 aromatic rings. The van der Waals surface area contributed by atoms with Gasteiger partial charge in [-0.25, -0.2) is 4.98 Å². The SMILES string of the molecule is CCc1nc(C(=O)NC(C)CN2CCCC2=O)n[nH]1. The van der Waals surface area contributed by atoms with Gasteiger partial charge in [0.25, 0.3) is 5.91 Å². The Hall–Kier alpha value is -1.92. The van der Waals surface area contributed by atoms with Crippen LogP contribution in [0.3, 0.4) is 0 Å². The van der Waals surface area contributed by atoms with Gasteiger partial charge in [-0.05, 0) is 13.3 Å². The van der Waals surface area contributed by atoms with Gasteiger partial charge in [-0.15, -0.1) is 5.10 Å². The Labute approximate surface area is 111 Å². The number of nitrogens with one attached hydrogen (secondary N) is 2. The van der Waals surface area contributed by atoms with Crippen LogP contribution < -0.4 is 5.32 Å². The maximum absolute atomic E-state index is 11.9. The van der Waals surface area contributed by atoms with Crippen molar-refractivity contribution in [3.8, 4) is 0 Å². The third-order valence-electron chi connectivity index (χ3n) is 3.11. The van der Waals surface area contributed by atoms with Crippen molar-refractivity contribution in [2.45, 2.75) is 39.2 Å². The van der Waals surface area contributed by atoms with Crippen molar-refractivity contribution in [3.05, 3.63) is 11.6 Å². The van der Waals surface area contributed by atoms with Crippen LogP contribution in [0.1, 0.15) is 43.1 Å². The first-order chi connectivity index (χ1) is 9.10. The minimum atomic E-state index is -0.310. The van der Waals surface area contributed by atoms with Crippen molar-refractivity contribution in [2.75, 3.05) is 13.1 Å². The highest BCUT2D eigenvalue weighted by molar-refractivity contribution is 5.90. The van der Waals surface area contributed by atoms with Crippen LogP contribution in [0, 0.1) is 0 Å². The van der Waals surface area contributed by atoms with E-state index in [1.54, 1.807) is 4.90 Å². The number of nitrogens with zero attached hydrogens (tertiary/aromatic N) is 3. The number of H-pyrrole nitrogens is 1. The molecule has 1 saturated heterocycles. The van der Waals surface area contributed by atoms with Gasteiger partial charge in [0.05, 0.1) is 0 Å². The average Bonchev–Trinajstić information content (AvgIpc) is 2.99. The lowest BCUT2D eigenvalue weighted by Crippen LogP contribution is -2.42. The zero-order chi connectivity index (χ0) is 13.8. The summed E-state index contributed by atoms with van der Waals surface area (Å²) in [5.41, 5.74) is 0. The quantitative estimate of drug-likeness (QED) is 0.790. The number of aromatic amines is 1. The van der Waals surface area contributed by atoms with E-state index in [4.69, 9.17) is 0 Å². The molecule has 0 spiro atoms. The highest BCUT2D eigenvalue weighted by Gasteiger charge is 2.23. The third kappa shape index (κ3) is 3.30. The monoisotopic (exact) mass is 265 g/mol. The molecule has 1 aliphatic rings. The van der Waals surface area contributed by atoms with E-state index in [0.717, 1.165) is 13.0 Å². The summed E-state index contributed by atoms with van der Waals surface area (Å²) in [6, 6.07) is -0.113. The first-order valence-corrected chi connectivity index (χ1v) is 6.60. The Kier molecular flexibility index (Phi) is 4.13. The molecule has 1 aromatic heterocycles. The van der Waals surface area contributed by atoms with Gasteiger partial charge >= 0.3 is 0 Å². The minimum absolute atomic E-state index is 0.113. The second kappa shape index (κ2) is 5.81. The van der Waals surface area contributed by atoms with E-state index < -0.39 is 0 Å². The first kappa shape index (κ1) is 13.5. The summed E-state index contributed by atoms with van der Waals surface area (Å²) in [6.07, 6.45) is 2.22. The van der Waals surface area contributed by atoms with E-state index >= 15 is 0 Å². The standard InChI is InChI=1S/C12H19N5O2/c1-3-9-14-11(16-15-9)12(19)13-8(2)7-17-6-4-5-10(17)18/h8H,3-7H2,1-2H3,(H,13,19)(H,14,15,16). The number of carbonyl (C=O) groups excluding carboxylic acids is 2. The van der Waals surface area contributed by atoms with E-state index in [-0.39, 0.29) is 23.7 Å². The molecule has 2 N–H and O–H groups in total. The molecule has 2 amide bonds. The highest BCUT2D eigenvalue weighted by Crippen LogP contribution is 2.09. The lowest BCUT2D eigenvalue weighted by molar-refractivity contribution is -0.127. The second-order valence-corrected chi connectivity index (χ2v) is 4.78. The molecule has 1 aliphatic heterocycles. The highest BCUT2D eigenvalue weighted by atomic mass is 16.2. The smallest absolute Gasteiger partial charge is 0.291 e. The lowest BCUT2D eigenvalue weighted by atomic mass is 10.3. The number of carbonyl (C=O) groups is 2. The van der Waals surface area contributed by atoms with Crippen LogP contribution in [0.4, 0.5) is 0 Å². The molecule has 2 rings (SSSR count). The fourth-order valence-electron chi connectivity index (χ4n) is 2.12. The minimum Gasteiger partial charge on any atom is -0.345 e. The fourth-order valence-corrected chi connectivity index (χ4v) is 2.12. The van der Waals surface area contributed by atoms with Gasteiger partial charge in [-0.3, -0.25) is 14.7 Å². The summed E-state index contributed by atoms with van der Waals surface area (Å²) < 4.78 is 0. The molecule has 7 heteroatoms. The van der Waals surface area contributed by atoms with E-state index in [1.807, 2.05) is 13.8 Å². The maximum Gasteiger partial charge on any atom is 0.291 e. The van der Waals surface area contributed by atoms with Crippen molar-refractivity contribution >= 4 is 11.8 Å². The summed E-state index contributed by atoms with van der Waals surface area (Å²) in [4.78, 5) is 29.2. The number of hydrogen-bond donors (Lipinski definition) is 2. The van der Waals surface area contributed by atoms with Crippen molar-refractivity contribution < 1.29 is 9.59 Å². The summed E-state index contributed by atoms with van der Waals surface area (Å²) in [5, 5.41) is 9.36. The number of amides is 2. The predicted molar refractivity (Wildman–Crippen MR) is 68.5 cm³/mol. The number of rotatable bonds is 5. The zero-order valence-electron chi connectivity index (χ0n) is 11.3. The lowest BCUT2D eigenvalue weighted by Gasteiger charge is -2.21. The summed E-state index contributed by atoms with van der Waals surface area (Å²) >= 11 is 0. The van der Waals surface area contributed by atoms with E-state index in [2.05, 4.69) is 20.5 Å². The Morgan fingerprint density at radius 2 is 2.37 bits per heavy atom. The fraction of sp³-hybridized carbons (Fsp3) is 0.667. The molecule has 2 heterocycles. The van der Waals surface area contributed by atoms with Gasteiger partial charge in [0.1, 0.15) is 5.82 Å². The molecular weight excluding hydrogens is 246 g/mol. The van der Waals surface area contributed by atoms with Gasteiger partial charge < -0.3 is 10.2 Å². The number of likely N-dealkylation sites (tertiary alicyclic amines) is 1. The Bertz CT molecular complexity index is 470. The molecule has 0 saturated carbocycles. The summed E-state index contributed by atoms with van der Waals surface area (Å²) in [7, 11) is 0. The second-order valence-electron chi connectivity index (χ2n) is 4.78. The van der Waals surface area contributed by atoms with Gasteiger partial charge in [-0.1, -0.05) is 6.92 Å². The van der Waals surface area contributed by atoms with Crippen LogP contribution in [-0.4, -0.2) is 51.0 Å². The maximum atomic E-state index is 11.9. The Morgan fingerprint density at radius 3 is 2.95 bits per heavy atom. The number of aryl methyl sites for hydroxylation is 1. The van der Waals surface area contributed by atoms with Gasteiger partial charge in [0.15, 0.2) is 0 Å². The molecule has 7 nitrogen and oxygen atoms in total. The molecule has 1 atom stereocenters. The van der Waals surface area contributed by atoms with Gasteiger partial charge in [-0.2, -0.15) is 0 Å². The van der Waals surface area contributed by atoms with E-state index in [9.17, 15) is 9.59 Å². The van der Waals surface area contributed by atoms with Crippen molar-refractivity contribution in [1.82, 2.24) is 25.4 Å². The molecule has 19 heavy (non-hydrogen) atoms. The van der Waals surface area contributed by atoms with Crippen LogP contribution in [0.25, 0.3) is 0 Å². The normalized spacial score (nSPS) is 16.7. The van der Waals surface area contributed by atoms with Crippen LogP contribution in [-0.2, 0) is 11.2 Å². The first-order valence-electron chi connectivity index (χ1n) is 6.60. The van der Waals surface area contributed by atoms with Crippen LogP contribution in [0.5, 0.6) is 0 Å². The van der Waals surface area contributed by atoms with E-state index in [1.165, 1.54) is 0 Å². The third-order valence-corrected chi connectivity index (χ3v) is 3.11. The molecule has 0 radical (unpaired) electrons. The zero-order valence-corrected chi connectivity index (χ0v) is 11.3. The predicted octanol–water partition coefficient (Wildman–Crippen LogP) is 0.108. The number of hydrogen-bond acceptors (Lipinski definition) is 4. The summed E-state index contributed by atoms with van der Waals surface area (Å²) in [6.45, 7) is 5.12. The molecule has 0 aliphatic carbocycles. The van der Waals surface area contributed by atoms with Gasteiger partial charge in [0.2, 0.25) is 11.7 Å². The molecule has 1 unspecified atom stereocenters. The van der Waals surface area contributed by atoms with Crippen molar-refractivity contribution in [3.63, 3.8) is 0 Å². The summed E-state index contributed by atoms with van der Waals surface area (Å²) in [5.74, 6) is 0.686. The topological polar surface area (TPSA) is 91.0 Å². The molecule has 1 fully saturated rings. The van der Waals surface area contributed by atoms with Crippen LogP contribution >= 0.6 is 0 Å². The van der Waals surface area contributed by atoms with Gasteiger partial charge in [0, 0.05) is 32.0 Å². The van der Waals surface area contributed by atoms with Crippen LogP contribution in [0.15, 0.2) is 0 Å². The molecular formula is C12H19N5O2. The Balaban J connectivity index is 1.86. The largest absolute Gasteiger partial charge is 0.345 e. The molecule has 104 valence electrons. The van der Waals surface area contributed by atoms with Crippen molar-refractivity contribution in [2.24, 2.45) is 0 Å². The van der Waals surface area contributed by atoms with Crippen molar-refractivity contribution in [1.29, 1.82) is 0 Å². The van der Waals surface area contributed by atoms with Crippen LogP contribution in [0.2, 0.25) is 0 Å². The Morgan fingerprint density at radius 1 is 1.58 bits per heavy atom. The van der Waals surface area contributed by atoms with E-state index in [0.29, 0.717) is 25.2 Å². The molecule has 0 bridgehead atoms. The molecule has 0 aromatic carbocycles. The number of aromatic nitrogens is 3.